The van der Waals surface area contributed by atoms with E-state index < -0.39 is 5.82 Å². The molecule has 0 N–H and O–H groups in total. The Morgan fingerprint density at radius 3 is 1.67 bits per heavy atom. The summed E-state index contributed by atoms with van der Waals surface area (Å²) in [6.07, 6.45) is 0.559. The fourth-order valence-corrected chi connectivity index (χ4v) is 5.31. The molecular formula is C30H15BrCl4F2N4O. The van der Waals surface area contributed by atoms with Crippen molar-refractivity contribution in [2.75, 3.05) is 0 Å². The minimum Gasteiger partial charge on any atom is -0.296 e. The minimum atomic E-state index is -0.479. The first-order chi connectivity index (χ1) is 20.2. The van der Waals surface area contributed by atoms with E-state index in [1.165, 1.54) is 36.4 Å². The Hall–Kier alpha value is -3.27. The van der Waals surface area contributed by atoms with Crippen LogP contribution in [0.2, 0.25) is 20.1 Å². The van der Waals surface area contributed by atoms with Gasteiger partial charge in [0.05, 0.1) is 42.5 Å². The number of nitrogens with zero attached hydrogens (tertiary/aromatic N) is 4. The van der Waals surface area contributed by atoms with Crippen LogP contribution in [0.15, 0.2) is 72.8 Å². The molecule has 2 heterocycles. The number of carbonyl (C=O) groups is 1. The number of para-hydroxylation sites is 2. The molecule has 0 fully saturated rings. The van der Waals surface area contributed by atoms with E-state index in [-0.39, 0.29) is 22.2 Å². The van der Waals surface area contributed by atoms with Crippen molar-refractivity contribution in [3.8, 4) is 22.5 Å². The van der Waals surface area contributed by atoms with Crippen molar-refractivity contribution >= 4 is 90.7 Å². The predicted molar refractivity (Wildman–Crippen MR) is 168 cm³/mol. The summed E-state index contributed by atoms with van der Waals surface area (Å²) in [6.45, 7) is 0. The monoisotopic (exact) mass is 704 g/mol. The maximum atomic E-state index is 13.5. The molecule has 0 saturated carbocycles. The number of hydrogen-bond donors (Lipinski definition) is 0. The number of aldehydes is 1. The predicted octanol–water partition coefficient (Wildman–Crippen LogP) is 10.2. The highest BCUT2D eigenvalue weighted by atomic mass is 79.9. The van der Waals surface area contributed by atoms with Crippen LogP contribution in [-0.2, 0) is 5.33 Å². The van der Waals surface area contributed by atoms with Gasteiger partial charge in [0.1, 0.15) is 34.1 Å². The van der Waals surface area contributed by atoms with Crippen molar-refractivity contribution in [2.45, 2.75) is 5.33 Å². The van der Waals surface area contributed by atoms with Crippen molar-refractivity contribution in [3.63, 3.8) is 0 Å². The van der Waals surface area contributed by atoms with Crippen LogP contribution >= 0.6 is 62.3 Å². The lowest BCUT2D eigenvalue weighted by atomic mass is 10.1. The highest BCUT2D eigenvalue weighted by Crippen LogP contribution is 2.33. The number of carbonyl (C=O) groups excluding carboxylic acids is 1. The summed E-state index contributed by atoms with van der Waals surface area (Å²) < 4.78 is 27.0. The van der Waals surface area contributed by atoms with Crippen molar-refractivity contribution in [2.24, 2.45) is 0 Å². The SMILES string of the molecule is Fc1ccc(Cl)c(-c2nc3c(Cl)cccc3nc2CBr)c1.O=Cc1nc2cccc(Cl)c2nc1-c1cc(F)ccc1Cl. The molecule has 0 aliphatic carbocycles. The Labute approximate surface area is 266 Å². The highest BCUT2D eigenvalue weighted by Gasteiger charge is 2.17. The zero-order valence-corrected chi connectivity index (χ0v) is 25.7. The van der Waals surface area contributed by atoms with Crippen molar-refractivity contribution in [1.29, 1.82) is 0 Å². The molecule has 0 amide bonds. The lowest BCUT2D eigenvalue weighted by Gasteiger charge is -2.10. The fourth-order valence-electron chi connectivity index (χ4n) is 4.08. The van der Waals surface area contributed by atoms with Gasteiger partial charge in [0, 0.05) is 16.5 Å². The lowest BCUT2D eigenvalue weighted by Crippen LogP contribution is -1.99. The van der Waals surface area contributed by atoms with Crippen LogP contribution in [0.5, 0.6) is 0 Å². The van der Waals surface area contributed by atoms with Crippen molar-refractivity contribution in [1.82, 2.24) is 19.9 Å². The Morgan fingerprint density at radius 1 is 0.643 bits per heavy atom. The summed E-state index contributed by atoms with van der Waals surface area (Å²) in [5.74, 6) is -0.858. The Kier molecular flexibility index (Phi) is 9.30. The largest absolute Gasteiger partial charge is 0.296 e. The molecule has 0 bridgehead atoms. The third-order valence-corrected chi connectivity index (χ3v) is 7.80. The molecule has 12 heteroatoms. The van der Waals surface area contributed by atoms with Gasteiger partial charge in [-0.2, -0.15) is 0 Å². The molecule has 0 spiro atoms. The van der Waals surface area contributed by atoms with Gasteiger partial charge in [-0.05, 0) is 60.7 Å². The molecule has 0 unspecified atom stereocenters. The number of benzene rings is 4. The summed E-state index contributed by atoms with van der Waals surface area (Å²) in [7, 11) is 0. The number of rotatable bonds is 4. The highest BCUT2D eigenvalue weighted by molar-refractivity contribution is 9.08. The summed E-state index contributed by atoms with van der Waals surface area (Å²) in [5, 5.41) is 2.06. The van der Waals surface area contributed by atoms with Crippen LogP contribution in [0, 0.1) is 11.6 Å². The van der Waals surface area contributed by atoms with Crippen LogP contribution in [0.25, 0.3) is 44.6 Å². The maximum Gasteiger partial charge on any atom is 0.170 e. The first-order valence-electron chi connectivity index (χ1n) is 12.0. The van der Waals surface area contributed by atoms with Gasteiger partial charge < -0.3 is 0 Å². The van der Waals surface area contributed by atoms with E-state index in [0.29, 0.717) is 71.3 Å². The molecule has 6 rings (SSSR count). The molecule has 42 heavy (non-hydrogen) atoms. The molecule has 0 saturated heterocycles. The van der Waals surface area contributed by atoms with Gasteiger partial charge in [-0.15, -0.1) is 0 Å². The molecular weight excluding hydrogens is 692 g/mol. The van der Waals surface area contributed by atoms with Crippen molar-refractivity contribution in [3.05, 3.63) is 116 Å². The number of fused-ring (bicyclic) bond motifs is 2. The van der Waals surface area contributed by atoms with Gasteiger partial charge in [0.2, 0.25) is 0 Å². The lowest BCUT2D eigenvalue weighted by molar-refractivity contribution is 0.111. The fraction of sp³-hybridized carbons (Fsp3) is 0.0333. The van der Waals surface area contributed by atoms with Gasteiger partial charge in [-0.3, -0.25) is 4.79 Å². The van der Waals surface area contributed by atoms with Gasteiger partial charge in [-0.25, -0.2) is 28.7 Å². The number of halogens is 7. The smallest absolute Gasteiger partial charge is 0.170 e. The number of aromatic nitrogens is 4. The quantitative estimate of drug-likeness (QED) is 0.135. The van der Waals surface area contributed by atoms with E-state index in [9.17, 15) is 13.6 Å². The Bertz CT molecular complexity index is 1990. The molecule has 0 aliphatic rings. The maximum absolute atomic E-state index is 13.5. The van der Waals surface area contributed by atoms with Gasteiger partial charge in [0.25, 0.3) is 0 Å². The summed E-state index contributed by atoms with van der Waals surface area (Å²) >= 11 is 27.9. The molecule has 210 valence electrons. The van der Waals surface area contributed by atoms with Gasteiger partial charge >= 0.3 is 0 Å². The standard InChI is InChI=1S/C15H8BrCl2FN2.C15H7Cl2FN2O/c16-7-13-14(9-6-8(19)4-5-10(9)17)21-15-11(18)2-1-3-12(15)20-13;16-10-5-4-8(18)6-9(10)14-13(7-21)19-12-3-1-2-11(17)15(12)20-14/h1-6H,7H2;1-7H. The van der Waals surface area contributed by atoms with E-state index in [1.807, 2.05) is 12.1 Å². The van der Waals surface area contributed by atoms with E-state index in [2.05, 4.69) is 35.9 Å². The molecule has 0 atom stereocenters. The van der Waals surface area contributed by atoms with E-state index in [4.69, 9.17) is 46.4 Å². The van der Waals surface area contributed by atoms with Crippen LogP contribution in [-0.4, -0.2) is 26.2 Å². The topological polar surface area (TPSA) is 68.6 Å². The third-order valence-electron chi connectivity index (χ3n) is 6.00. The number of hydrogen-bond acceptors (Lipinski definition) is 5. The average Bonchev–Trinajstić information content (AvgIpc) is 2.99. The normalized spacial score (nSPS) is 10.9. The Balaban J connectivity index is 0.000000168. The molecule has 4 aromatic carbocycles. The second-order valence-corrected chi connectivity index (χ2v) is 10.9. The zero-order chi connectivity index (χ0) is 30.0. The van der Waals surface area contributed by atoms with Gasteiger partial charge in [0.15, 0.2) is 6.29 Å². The molecule has 5 nitrogen and oxygen atoms in total. The summed E-state index contributed by atoms with van der Waals surface area (Å²) in [6, 6.07) is 18.4. The number of alkyl halides is 1. The van der Waals surface area contributed by atoms with E-state index >= 15 is 0 Å². The summed E-state index contributed by atoms with van der Waals surface area (Å²) in [4.78, 5) is 28.9. The van der Waals surface area contributed by atoms with E-state index in [1.54, 1.807) is 24.3 Å². The average molecular weight is 707 g/mol. The third kappa shape index (κ3) is 6.23. The summed E-state index contributed by atoms with van der Waals surface area (Å²) in [5.41, 5.74) is 4.46. The van der Waals surface area contributed by atoms with Crippen LogP contribution in [0.4, 0.5) is 8.78 Å². The molecule has 6 aromatic rings. The van der Waals surface area contributed by atoms with Gasteiger partial charge in [-0.1, -0.05) is 74.5 Å². The second kappa shape index (κ2) is 12.9. The van der Waals surface area contributed by atoms with E-state index in [0.717, 1.165) is 0 Å². The van der Waals surface area contributed by atoms with Crippen LogP contribution in [0.1, 0.15) is 16.2 Å². The van der Waals surface area contributed by atoms with Crippen LogP contribution in [0.3, 0.4) is 0 Å². The zero-order valence-electron chi connectivity index (χ0n) is 21.1. The molecule has 2 aromatic heterocycles. The van der Waals surface area contributed by atoms with Crippen molar-refractivity contribution < 1.29 is 13.6 Å². The minimum absolute atomic E-state index is 0.0808. The molecule has 0 aliphatic heterocycles. The Morgan fingerprint density at radius 2 is 1.14 bits per heavy atom. The second-order valence-electron chi connectivity index (χ2n) is 8.69. The molecule has 0 radical (unpaired) electrons. The first-order valence-corrected chi connectivity index (χ1v) is 14.7. The van der Waals surface area contributed by atoms with Crippen LogP contribution < -0.4 is 0 Å². The first kappa shape index (κ1) is 30.2.